The Hall–Kier alpha value is -2.41. The molecule has 2 aromatic rings. The molecule has 5 nitrogen and oxygen atoms in total. The molecule has 1 aliphatic heterocycles. The van der Waals surface area contributed by atoms with Gasteiger partial charge in [-0.1, -0.05) is 6.07 Å². The minimum Gasteiger partial charge on any atom is -0.372 e. The Labute approximate surface area is 140 Å². The zero-order chi connectivity index (χ0) is 17.2. The van der Waals surface area contributed by atoms with Crippen LogP contribution < -0.4 is 9.62 Å². The third-order valence-corrected chi connectivity index (χ3v) is 5.28. The summed E-state index contributed by atoms with van der Waals surface area (Å²) in [6, 6.07) is 11.2. The Morgan fingerprint density at radius 2 is 1.71 bits per heavy atom. The fourth-order valence-electron chi connectivity index (χ4n) is 2.67. The Bertz CT molecular complexity index is 844. The van der Waals surface area contributed by atoms with Gasteiger partial charge in [-0.2, -0.15) is 0 Å². The third kappa shape index (κ3) is 3.56. The minimum atomic E-state index is -4.04. The molecule has 1 aliphatic rings. The summed E-state index contributed by atoms with van der Waals surface area (Å²) in [5.41, 5.74) is 1.17. The standard InChI is InChI=1S/C17H17FN2O3S/c18-14-6-8-16(9-7-14)24(22,23)19-17(21)13-4-3-5-15(12-13)20-10-1-2-11-20/h3-9,12H,1-2,10-11H2,(H,19,21). The van der Waals surface area contributed by atoms with Gasteiger partial charge in [0.05, 0.1) is 4.90 Å². The Morgan fingerprint density at radius 1 is 1.04 bits per heavy atom. The highest BCUT2D eigenvalue weighted by atomic mass is 32.2. The van der Waals surface area contributed by atoms with Gasteiger partial charge < -0.3 is 4.90 Å². The van der Waals surface area contributed by atoms with Gasteiger partial charge in [0.15, 0.2) is 0 Å². The van der Waals surface area contributed by atoms with E-state index >= 15 is 0 Å². The molecule has 2 aromatic carbocycles. The van der Waals surface area contributed by atoms with Crippen molar-refractivity contribution in [2.45, 2.75) is 17.7 Å². The lowest BCUT2D eigenvalue weighted by molar-refractivity contribution is 0.0981. The van der Waals surface area contributed by atoms with E-state index in [1.165, 1.54) is 0 Å². The Morgan fingerprint density at radius 3 is 2.38 bits per heavy atom. The fraction of sp³-hybridized carbons (Fsp3) is 0.235. The number of sulfonamides is 1. The lowest BCUT2D eigenvalue weighted by atomic mass is 10.2. The number of anilines is 1. The second kappa shape index (κ2) is 6.60. The first-order valence-electron chi connectivity index (χ1n) is 7.63. The first-order chi connectivity index (χ1) is 11.5. The zero-order valence-corrected chi connectivity index (χ0v) is 13.7. The highest BCUT2D eigenvalue weighted by molar-refractivity contribution is 7.90. The summed E-state index contributed by atoms with van der Waals surface area (Å²) >= 11 is 0. The van der Waals surface area contributed by atoms with Crippen molar-refractivity contribution < 1.29 is 17.6 Å². The number of amides is 1. The van der Waals surface area contributed by atoms with Gasteiger partial charge in [0.2, 0.25) is 0 Å². The van der Waals surface area contributed by atoms with Crippen molar-refractivity contribution in [1.29, 1.82) is 0 Å². The average Bonchev–Trinajstić information content (AvgIpc) is 3.09. The molecular formula is C17H17FN2O3S. The third-order valence-electron chi connectivity index (χ3n) is 3.93. The van der Waals surface area contributed by atoms with E-state index in [9.17, 15) is 17.6 Å². The second-order valence-electron chi connectivity index (χ2n) is 5.63. The van der Waals surface area contributed by atoms with Crippen LogP contribution in [-0.4, -0.2) is 27.4 Å². The van der Waals surface area contributed by atoms with Crippen LogP contribution in [0.5, 0.6) is 0 Å². The molecule has 3 rings (SSSR count). The van der Waals surface area contributed by atoms with Gasteiger partial charge in [0.25, 0.3) is 15.9 Å². The average molecular weight is 348 g/mol. The van der Waals surface area contributed by atoms with Crippen molar-refractivity contribution in [3.63, 3.8) is 0 Å². The first kappa shape index (κ1) is 16.4. The largest absolute Gasteiger partial charge is 0.372 e. The van der Waals surface area contributed by atoms with Gasteiger partial charge in [0.1, 0.15) is 5.82 Å². The molecule has 7 heteroatoms. The number of carbonyl (C=O) groups is 1. The molecule has 1 fully saturated rings. The van der Waals surface area contributed by atoms with Crippen LogP contribution >= 0.6 is 0 Å². The van der Waals surface area contributed by atoms with Crippen LogP contribution in [0.15, 0.2) is 53.4 Å². The molecule has 1 amide bonds. The van der Waals surface area contributed by atoms with E-state index in [-0.39, 0.29) is 10.5 Å². The van der Waals surface area contributed by atoms with Crippen molar-refractivity contribution >= 4 is 21.6 Å². The summed E-state index contributed by atoms with van der Waals surface area (Å²) in [6.45, 7) is 1.86. The summed E-state index contributed by atoms with van der Waals surface area (Å²) in [6.07, 6.45) is 2.21. The van der Waals surface area contributed by atoms with Crippen molar-refractivity contribution in [2.75, 3.05) is 18.0 Å². The molecule has 0 aliphatic carbocycles. The van der Waals surface area contributed by atoms with Gasteiger partial charge in [-0.15, -0.1) is 0 Å². The van der Waals surface area contributed by atoms with Crippen molar-refractivity contribution in [3.8, 4) is 0 Å². The quantitative estimate of drug-likeness (QED) is 0.922. The smallest absolute Gasteiger partial charge is 0.265 e. The maximum absolute atomic E-state index is 12.9. The van der Waals surface area contributed by atoms with E-state index in [1.807, 2.05) is 10.8 Å². The highest BCUT2D eigenvalue weighted by Crippen LogP contribution is 2.21. The van der Waals surface area contributed by atoms with Crippen LogP contribution in [0.2, 0.25) is 0 Å². The lowest BCUT2D eigenvalue weighted by Gasteiger charge is -2.18. The normalized spacial score (nSPS) is 14.6. The number of nitrogens with zero attached hydrogens (tertiary/aromatic N) is 1. The highest BCUT2D eigenvalue weighted by Gasteiger charge is 2.20. The van der Waals surface area contributed by atoms with Gasteiger partial charge in [-0.3, -0.25) is 4.79 Å². The summed E-state index contributed by atoms with van der Waals surface area (Å²) in [4.78, 5) is 14.3. The van der Waals surface area contributed by atoms with E-state index in [4.69, 9.17) is 0 Å². The molecule has 0 unspecified atom stereocenters. The van der Waals surface area contributed by atoms with E-state index in [0.29, 0.717) is 0 Å². The van der Waals surface area contributed by atoms with Crippen LogP contribution in [0.1, 0.15) is 23.2 Å². The van der Waals surface area contributed by atoms with Crippen molar-refractivity contribution in [3.05, 3.63) is 59.9 Å². The number of hydrogen-bond donors (Lipinski definition) is 1. The molecule has 1 heterocycles. The van der Waals surface area contributed by atoms with Crippen LogP contribution in [0.4, 0.5) is 10.1 Å². The summed E-state index contributed by atoms with van der Waals surface area (Å²) in [7, 11) is -4.04. The molecule has 0 atom stereocenters. The van der Waals surface area contributed by atoms with E-state index in [2.05, 4.69) is 4.90 Å². The second-order valence-corrected chi connectivity index (χ2v) is 7.32. The molecule has 0 spiro atoms. The van der Waals surface area contributed by atoms with Crippen LogP contribution in [0.25, 0.3) is 0 Å². The number of benzene rings is 2. The van der Waals surface area contributed by atoms with Gasteiger partial charge in [0, 0.05) is 24.3 Å². The monoisotopic (exact) mass is 348 g/mol. The SMILES string of the molecule is O=C(NS(=O)(=O)c1ccc(F)cc1)c1cccc(N2CCCC2)c1. The molecular weight excluding hydrogens is 331 g/mol. The Balaban J connectivity index is 1.79. The fourth-order valence-corrected chi connectivity index (χ4v) is 3.65. The number of hydrogen-bond acceptors (Lipinski definition) is 4. The van der Waals surface area contributed by atoms with E-state index in [1.54, 1.807) is 18.2 Å². The maximum Gasteiger partial charge on any atom is 0.265 e. The van der Waals surface area contributed by atoms with Crippen LogP contribution in [0, 0.1) is 5.82 Å². The molecule has 0 bridgehead atoms. The molecule has 0 aromatic heterocycles. The van der Waals surface area contributed by atoms with Crippen molar-refractivity contribution in [2.24, 2.45) is 0 Å². The van der Waals surface area contributed by atoms with Gasteiger partial charge in [-0.25, -0.2) is 17.5 Å². The molecule has 1 saturated heterocycles. The minimum absolute atomic E-state index is 0.159. The molecule has 126 valence electrons. The van der Waals surface area contributed by atoms with Gasteiger partial charge >= 0.3 is 0 Å². The number of nitrogens with one attached hydrogen (secondary N) is 1. The summed E-state index contributed by atoms with van der Waals surface area (Å²) < 4.78 is 39.3. The van der Waals surface area contributed by atoms with E-state index < -0.39 is 21.7 Å². The van der Waals surface area contributed by atoms with Crippen molar-refractivity contribution in [1.82, 2.24) is 4.72 Å². The zero-order valence-electron chi connectivity index (χ0n) is 12.9. The molecule has 0 radical (unpaired) electrons. The lowest BCUT2D eigenvalue weighted by Crippen LogP contribution is -2.30. The topological polar surface area (TPSA) is 66.5 Å². The predicted octanol–water partition coefficient (Wildman–Crippen LogP) is 2.54. The number of rotatable bonds is 4. The molecule has 1 N–H and O–H groups in total. The van der Waals surface area contributed by atoms with E-state index in [0.717, 1.165) is 55.9 Å². The Kier molecular flexibility index (Phi) is 4.53. The summed E-state index contributed by atoms with van der Waals surface area (Å²) in [5.74, 6) is -1.25. The van der Waals surface area contributed by atoms with Crippen LogP contribution in [-0.2, 0) is 10.0 Å². The van der Waals surface area contributed by atoms with Crippen LogP contribution in [0.3, 0.4) is 0 Å². The number of halogens is 1. The molecule has 24 heavy (non-hydrogen) atoms. The number of carbonyl (C=O) groups excluding carboxylic acids is 1. The predicted molar refractivity (Wildman–Crippen MR) is 88.9 cm³/mol. The summed E-state index contributed by atoms with van der Waals surface area (Å²) in [5, 5.41) is 0. The first-order valence-corrected chi connectivity index (χ1v) is 9.12. The molecule has 0 saturated carbocycles. The van der Waals surface area contributed by atoms with Gasteiger partial charge in [-0.05, 0) is 55.3 Å². The maximum atomic E-state index is 12.9.